The molecule has 0 saturated carbocycles. The summed E-state index contributed by atoms with van der Waals surface area (Å²) in [5, 5.41) is 112. The molecule has 0 amide bonds. The van der Waals surface area contributed by atoms with Crippen molar-refractivity contribution in [3.8, 4) is 0 Å². The molecule has 0 bridgehead atoms. The Bertz CT molecular complexity index is 408. The standard InChI is InChI=1S/18CN.3Fe.4V/c18*1-2;;;;;;;/q18*-1;;;+4;;;;. The van der Waals surface area contributed by atoms with Crippen molar-refractivity contribution in [3.63, 3.8) is 0 Å². The van der Waals surface area contributed by atoms with Gasteiger partial charge in [0.25, 0.3) is 0 Å². The number of hydrogen-bond donors (Lipinski definition) is 0. The fraction of sp³-hybridized carbons (Fsp3) is 0. The summed E-state index contributed by atoms with van der Waals surface area (Å²) < 4.78 is 0. The maximum absolute atomic E-state index is 6.25. The monoisotopic (exact) mass is 840 g/mol. The zero-order valence-electron chi connectivity index (χ0n) is 19.9. The zero-order valence-corrected chi connectivity index (χ0v) is 28.8. The quantitative estimate of drug-likeness (QED) is 0.247. The van der Waals surface area contributed by atoms with Crippen molar-refractivity contribution in [2.24, 2.45) is 0 Å². The molecule has 18 nitrogen and oxygen atoms in total. The normalized spacial score (nSPS) is 1.02. The van der Waals surface area contributed by atoms with Gasteiger partial charge in [0.1, 0.15) is 0 Å². The fourth-order valence-electron chi connectivity index (χ4n) is 0. The van der Waals surface area contributed by atoms with Gasteiger partial charge in [-0.1, -0.05) is 0 Å². The van der Waals surface area contributed by atoms with Gasteiger partial charge < -0.3 is 213 Å². The van der Waals surface area contributed by atoms with Crippen molar-refractivity contribution in [2.45, 2.75) is 0 Å². The molecule has 0 spiro atoms. The summed E-state index contributed by atoms with van der Waals surface area (Å²) in [7, 11) is 0. The van der Waals surface area contributed by atoms with Crippen LogP contribution in [0.3, 0.4) is 0 Å². The van der Waals surface area contributed by atoms with Crippen LogP contribution in [0.15, 0.2) is 0 Å². The summed E-state index contributed by atoms with van der Waals surface area (Å²) in [4.78, 5) is 0. The molecule has 0 aliphatic rings. The van der Waals surface area contributed by atoms with E-state index in [4.69, 9.17) is 213 Å². The van der Waals surface area contributed by atoms with Crippen molar-refractivity contribution in [2.75, 3.05) is 0 Å². The van der Waals surface area contributed by atoms with Crippen LogP contribution in [-0.4, -0.2) is 0 Å². The average molecular weight is 840 g/mol. The molecular weight excluding hydrogens is 840 g/mol. The predicted octanol–water partition coefficient (Wildman–Crippen LogP) is 1.72. The van der Waals surface area contributed by atoms with Gasteiger partial charge in [0.15, 0.2) is 0 Å². The number of nitrogens with zero attached hydrogens (tertiary/aromatic N) is 18. The molecule has 25 heteroatoms. The number of rotatable bonds is 0. The van der Waals surface area contributed by atoms with E-state index in [1.807, 2.05) is 0 Å². The van der Waals surface area contributed by atoms with Crippen LogP contribution < -0.4 is 0 Å². The Morgan fingerprint density at radius 2 is 0.186 bits per heavy atom. The van der Waals surface area contributed by atoms with E-state index in [1.165, 1.54) is 0 Å². The molecule has 0 aromatic carbocycles. The van der Waals surface area contributed by atoms with Gasteiger partial charge in [-0.15, -0.1) is 0 Å². The second kappa shape index (κ2) is 1680. The van der Waals surface area contributed by atoms with Crippen molar-refractivity contribution >= 4 is 0 Å². The summed E-state index contributed by atoms with van der Waals surface area (Å²) in [6.07, 6.45) is 0. The summed E-state index contributed by atoms with van der Waals surface area (Å²) in [6.45, 7) is 85.5. The zero-order chi connectivity index (χ0) is 40.0. The molecular formula is C18Fe3N18V4-14. The molecule has 0 fully saturated rings. The van der Waals surface area contributed by atoms with E-state index in [0.29, 0.717) is 0 Å². The first-order valence-electron chi connectivity index (χ1n) is 4.34. The molecule has 2 radical (unpaired) electrons. The van der Waals surface area contributed by atoms with Gasteiger partial charge in [0.2, 0.25) is 0 Å². The first kappa shape index (κ1) is 235. The van der Waals surface area contributed by atoms with Crippen molar-refractivity contribution in [1.82, 2.24) is 0 Å². The Morgan fingerprint density at radius 1 is 0.186 bits per heavy atom. The summed E-state index contributed by atoms with van der Waals surface area (Å²) in [6, 6.07) is 0. The molecule has 0 aliphatic heterocycles. The van der Waals surface area contributed by atoms with E-state index < -0.39 is 0 Å². The predicted molar refractivity (Wildman–Crippen MR) is 89.4 cm³/mol. The van der Waals surface area contributed by atoms with Gasteiger partial charge in [0, 0.05) is 37.1 Å². The van der Waals surface area contributed by atoms with Gasteiger partial charge >= 0.3 is 73.7 Å². The minimum atomic E-state index is 0. The molecule has 43 heavy (non-hydrogen) atoms. The minimum absolute atomic E-state index is 0. The summed E-state index contributed by atoms with van der Waals surface area (Å²) >= 11 is 10.5. The van der Waals surface area contributed by atoms with E-state index in [0.717, 1.165) is 0 Å². The third-order valence-corrected chi connectivity index (χ3v) is 0. The Morgan fingerprint density at radius 3 is 0.186 bits per heavy atom. The Labute approximate surface area is 320 Å². The van der Waals surface area contributed by atoms with Crippen LogP contribution in [0.1, 0.15) is 0 Å². The molecule has 0 saturated heterocycles. The molecule has 0 aliphatic carbocycles. The van der Waals surface area contributed by atoms with Gasteiger partial charge in [-0.05, 0) is 0 Å². The maximum atomic E-state index is 6.25. The molecule has 0 rings (SSSR count). The third-order valence-electron chi connectivity index (χ3n) is 0. The van der Waals surface area contributed by atoms with E-state index >= 15 is 0 Å². The molecule has 0 unspecified atom stereocenters. The van der Waals surface area contributed by atoms with Crippen molar-refractivity contribution in [1.29, 1.82) is 94.7 Å². The van der Waals surface area contributed by atoms with Crippen LogP contribution in [0.25, 0.3) is 0 Å². The SMILES string of the molecule is [C-]#N.[C-]#N.[C-]#N.[C-]#N.[C-]#N.[C-]#N.[C-]#N.[C-]#N.[C-]#N.[C-]#N.[C-]#N.[C-]#N.[C-]#N.[C-]#N.[C-]#N.[C-]#N.[C-]#N.[C-]#N.[Fe+4].[V].[V].[V]=[Fe].[V]=[Fe]. The average Bonchev–Trinajstić information content (AvgIpc) is 3.21. The molecule has 0 aromatic rings. The van der Waals surface area contributed by atoms with E-state index in [9.17, 15) is 0 Å². The second-order valence-electron chi connectivity index (χ2n) is 0. The van der Waals surface area contributed by atoms with E-state index in [-0.39, 0.29) is 54.2 Å². The van der Waals surface area contributed by atoms with Crippen LogP contribution in [0.2, 0.25) is 0 Å². The van der Waals surface area contributed by atoms with E-state index in [1.54, 1.807) is 0 Å². The molecule has 220 valence electrons. The second-order valence-corrected chi connectivity index (χ2v) is 0. The Kier molecular flexibility index (Phi) is 9160. The van der Waals surface area contributed by atoms with Gasteiger partial charge in [-0.2, -0.15) is 0 Å². The van der Waals surface area contributed by atoms with Gasteiger partial charge in [-0.25, -0.2) is 0 Å². The topological polar surface area (TPSA) is 428 Å². The Balaban J connectivity index is -0.00000000465. The van der Waals surface area contributed by atoms with Crippen LogP contribution in [-0.2, 0) is 111 Å². The number of hydrogen-bond acceptors (Lipinski definition) is 18. The molecule has 0 N–H and O–H groups in total. The molecule has 0 atom stereocenters. The van der Waals surface area contributed by atoms with Crippen LogP contribution in [0.4, 0.5) is 0 Å². The van der Waals surface area contributed by atoms with Crippen LogP contribution >= 0.6 is 0 Å². The molecule has 0 aromatic heterocycles. The van der Waals surface area contributed by atoms with Crippen molar-refractivity contribution in [3.05, 3.63) is 118 Å². The van der Waals surface area contributed by atoms with Crippen LogP contribution in [0, 0.1) is 213 Å². The first-order chi connectivity index (χ1) is 20.0. The van der Waals surface area contributed by atoms with Crippen molar-refractivity contribution < 1.29 is 111 Å². The first-order valence-corrected chi connectivity index (χ1v) is 9.40. The van der Waals surface area contributed by atoms with E-state index in [2.05, 4.69) is 56.6 Å². The molecule has 0 heterocycles. The summed E-state index contributed by atoms with van der Waals surface area (Å²) in [5.41, 5.74) is 0. The fourth-order valence-corrected chi connectivity index (χ4v) is 0. The third kappa shape index (κ3) is 1580. The van der Waals surface area contributed by atoms with Gasteiger partial charge in [0.05, 0.1) is 0 Å². The summed E-state index contributed by atoms with van der Waals surface area (Å²) in [5.74, 6) is 0. The van der Waals surface area contributed by atoms with Gasteiger partial charge in [-0.3, -0.25) is 0 Å². The Hall–Kier alpha value is -5.28. The van der Waals surface area contributed by atoms with Crippen LogP contribution in [0.5, 0.6) is 0 Å².